The zero-order valence-corrected chi connectivity index (χ0v) is 7.91. The predicted molar refractivity (Wildman–Crippen MR) is 47.0 cm³/mol. The number of carbonyl (C=O) groups excluding carboxylic acids is 2. The topological polar surface area (TPSA) is 52.6 Å². The number of hydrogen-bond acceptors (Lipinski definition) is 4. The highest BCUT2D eigenvalue weighted by Crippen LogP contribution is 1.90. The summed E-state index contributed by atoms with van der Waals surface area (Å²) in [5.41, 5.74) is 0. The smallest absolute Gasteiger partial charge is 0.331 e. The minimum atomic E-state index is -0.563. The molecule has 0 bridgehead atoms. The van der Waals surface area contributed by atoms with Crippen LogP contribution in [0.15, 0.2) is 12.2 Å². The summed E-state index contributed by atoms with van der Waals surface area (Å²) in [5.74, 6) is -1.08. The first-order valence-electron chi connectivity index (χ1n) is 4.13. The first-order chi connectivity index (χ1) is 6.20. The Kier molecular flexibility index (Phi) is 6.59. The summed E-state index contributed by atoms with van der Waals surface area (Å²) in [5, 5.41) is 0. The van der Waals surface area contributed by atoms with Crippen LogP contribution >= 0.6 is 0 Å². The number of unbranched alkanes of at least 4 members (excludes halogenated alkanes) is 1. The van der Waals surface area contributed by atoms with Crippen LogP contribution < -0.4 is 0 Å². The molecular weight excluding hydrogens is 172 g/mol. The third-order valence-corrected chi connectivity index (χ3v) is 1.30. The number of esters is 2. The van der Waals surface area contributed by atoms with Crippen LogP contribution in [-0.4, -0.2) is 25.7 Å². The molecule has 0 rings (SSSR count). The normalized spacial score (nSPS) is 10.0. The van der Waals surface area contributed by atoms with Crippen molar-refractivity contribution < 1.29 is 19.1 Å². The van der Waals surface area contributed by atoms with E-state index in [2.05, 4.69) is 4.74 Å². The Balaban J connectivity index is 3.61. The van der Waals surface area contributed by atoms with Crippen molar-refractivity contribution in [2.75, 3.05) is 13.7 Å². The Hall–Kier alpha value is -1.32. The molecule has 0 heterocycles. The first-order valence-corrected chi connectivity index (χ1v) is 4.13. The maximum absolute atomic E-state index is 10.8. The van der Waals surface area contributed by atoms with Crippen molar-refractivity contribution in [3.63, 3.8) is 0 Å². The second-order valence-electron chi connectivity index (χ2n) is 2.38. The molecule has 0 saturated heterocycles. The summed E-state index contributed by atoms with van der Waals surface area (Å²) >= 11 is 0. The zero-order valence-electron chi connectivity index (χ0n) is 7.91. The van der Waals surface area contributed by atoms with E-state index in [9.17, 15) is 9.59 Å². The molecule has 74 valence electrons. The highest BCUT2D eigenvalue weighted by Gasteiger charge is 1.97. The fourth-order valence-corrected chi connectivity index (χ4v) is 0.569. The number of hydrogen-bond donors (Lipinski definition) is 0. The number of rotatable bonds is 5. The lowest BCUT2D eigenvalue weighted by Crippen LogP contribution is -2.03. The quantitative estimate of drug-likeness (QED) is 0.366. The van der Waals surface area contributed by atoms with Crippen molar-refractivity contribution in [1.82, 2.24) is 0 Å². The molecule has 0 aromatic heterocycles. The van der Waals surface area contributed by atoms with Gasteiger partial charge >= 0.3 is 11.9 Å². The van der Waals surface area contributed by atoms with E-state index in [4.69, 9.17) is 4.74 Å². The molecule has 0 N–H and O–H groups in total. The Morgan fingerprint density at radius 1 is 1.23 bits per heavy atom. The Labute approximate surface area is 77.5 Å². The van der Waals surface area contributed by atoms with Crippen LogP contribution in [0.3, 0.4) is 0 Å². The van der Waals surface area contributed by atoms with E-state index in [1.54, 1.807) is 0 Å². The second-order valence-corrected chi connectivity index (χ2v) is 2.38. The molecule has 0 aliphatic heterocycles. The molecule has 0 fully saturated rings. The van der Waals surface area contributed by atoms with Crippen molar-refractivity contribution in [3.8, 4) is 0 Å². The second kappa shape index (κ2) is 7.34. The van der Waals surface area contributed by atoms with Gasteiger partial charge in [0.25, 0.3) is 0 Å². The first kappa shape index (κ1) is 11.7. The van der Waals surface area contributed by atoms with Crippen LogP contribution in [0.25, 0.3) is 0 Å². The van der Waals surface area contributed by atoms with Gasteiger partial charge in [-0.2, -0.15) is 0 Å². The maximum Gasteiger partial charge on any atom is 0.331 e. The Bertz CT molecular complexity index is 196. The summed E-state index contributed by atoms with van der Waals surface area (Å²) in [6.45, 7) is 2.39. The van der Waals surface area contributed by atoms with Gasteiger partial charge in [-0.05, 0) is 6.42 Å². The van der Waals surface area contributed by atoms with Gasteiger partial charge in [0.1, 0.15) is 0 Å². The average molecular weight is 186 g/mol. The van der Waals surface area contributed by atoms with Crippen LogP contribution in [0.2, 0.25) is 0 Å². The standard InChI is InChI=1S/C9H14O4/c1-3-4-7-13-9(11)6-5-8(10)12-2/h5-6H,3-4,7H2,1-2H3. The van der Waals surface area contributed by atoms with Gasteiger partial charge in [-0.1, -0.05) is 13.3 Å². The summed E-state index contributed by atoms with van der Waals surface area (Å²) in [6, 6.07) is 0. The molecule has 0 spiro atoms. The molecule has 4 nitrogen and oxygen atoms in total. The fraction of sp³-hybridized carbons (Fsp3) is 0.556. The highest BCUT2D eigenvalue weighted by atomic mass is 16.5. The van der Waals surface area contributed by atoms with Gasteiger partial charge in [-0.15, -0.1) is 0 Å². The van der Waals surface area contributed by atoms with E-state index in [1.165, 1.54) is 7.11 Å². The lowest BCUT2D eigenvalue weighted by molar-refractivity contribution is -0.139. The van der Waals surface area contributed by atoms with Gasteiger partial charge in [-0.25, -0.2) is 9.59 Å². The molecule has 0 radical (unpaired) electrons. The molecule has 0 amide bonds. The lowest BCUT2D eigenvalue weighted by Gasteiger charge is -1.98. The van der Waals surface area contributed by atoms with Crippen LogP contribution in [0.4, 0.5) is 0 Å². The monoisotopic (exact) mass is 186 g/mol. The molecule has 13 heavy (non-hydrogen) atoms. The fourth-order valence-electron chi connectivity index (χ4n) is 0.569. The minimum Gasteiger partial charge on any atom is -0.466 e. The summed E-state index contributed by atoms with van der Waals surface area (Å²) in [6.07, 6.45) is 3.89. The summed E-state index contributed by atoms with van der Waals surface area (Å²) in [7, 11) is 1.25. The van der Waals surface area contributed by atoms with Gasteiger partial charge < -0.3 is 9.47 Å². The lowest BCUT2D eigenvalue weighted by atomic mass is 10.4. The summed E-state index contributed by atoms with van der Waals surface area (Å²) in [4.78, 5) is 21.4. The van der Waals surface area contributed by atoms with Crippen molar-refractivity contribution in [2.24, 2.45) is 0 Å². The van der Waals surface area contributed by atoms with Crippen molar-refractivity contribution >= 4 is 11.9 Å². The van der Waals surface area contributed by atoms with Crippen molar-refractivity contribution in [1.29, 1.82) is 0 Å². The highest BCUT2D eigenvalue weighted by molar-refractivity contribution is 5.91. The maximum atomic E-state index is 10.8. The van der Waals surface area contributed by atoms with Gasteiger partial charge in [-0.3, -0.25) is 0 Å². The van der Waals surface area contributed by atoms with Crippen LogP contribution in [-0.2, 0) is 19.1 Å². The van der Waals surface area contributed by atoms with Crippen LogP contribution in [0, 0.1) is 0 Å². The largest absolute Gasteiger partial charge is 0.466 e. The molecular formula is C9H14O4. The molecule has 0 aliphatic carbocycles. The molecule has 0 saturated carbocycles. The van der Waals surface area contributed by atoms with Crippen LogP contribution in [0.5, 0.6) is 0 Å². The van der Waals surface area contributed by atoms with Gasteiger partial charge in [0.05, 0.1) is 13.7 Å². The Morgan fingerprint density at radius 2 is 1.85 bits per heavy atom. The number of carbonyl (C=O) groups is 2. The predicted octanol–water partition coefficient (Wildman–Crippen LogP) is 1.06. The third kappa shape index (κ3) is 7.05. The van der Waals surface area contributed by atoms with Crippen molar-refractivity contribution in [3.05, 3.63) is 12.2 Å². The minimum absolute atomic E-state index is 0.390. The zero-order chi connectivity index (χ0) is 10.1. The average Bonchev–Trinajstić information content (AvgIpc) is 2.14. The van der Waals surface area contributed by atoms with E-state index < -0.39 is 11.9 Å². The molecule has 0 aromatic rings. The SMILES string of the molecule is CCCCOC(=O)C=CC(=O)OC. The summed E-state index contributed by atoms with van der Waals surface area (Å²) < 4.78 is 9.04. The molecule has 0 aromatic carbocycles. The van der Waals surface area contributed by atoms with E-state index in [0.29, 0.717) is 6.61 Å². The third-order valence-electron chi connectivity index (χ3n) is 1.30. The van der Waals surface area contributed by atoms with Gasteiger partial charge in [0, 0.05) is 12.2 Å². The molecule has 0 atom stereocenters. The van der Waals surface area contributed by atoms with Crippen LogP contribution in [0.1, 0.15) is 19.8 Å². The number of methoxy groups -OCH3 is 1. The van der Waals surface area contributed by atoms with Gasteiger partial charge in [0.2, 0.25) is 0 Å². The van der Waals surface area contributed by atoms with Crippen molar-refractivity contribution in [2.45, 2.75) is 19.8 Å². The van der Waals surface area contributed by atoms with E-state index in [0.717, 1.165) is 25.0 Å². The van der Waals surface area contributed by atoms with E-state index in [-0.39, 0.29) is 0 Å². The molecule has 0 aliphatic rings. The van der Waals surface area contributed by atoms with E-state index >= 15 is 0 Å². The van der Waals surface area contributed by atoms with E-state index in [1.807, 2.05) is 6.92 Å². The molecule has 0 unspecified atom stereocenters. The van der Waals surface area contributed by atoms with Gasteiger partial charge in [0.15, 0.2) is 0 Å². The molecule has 4 heteroatoms. The Morgan fingerprint density at radius 3 is 2.38 bits per heavy atom. The number of ether oxygens (including phenoxy) is 2.